The molecule has 0 spiro atoms. The van der Waals surface area contributed by atoms with Crippen molar-refractivity contribution in [3.63, 3.8) is 0 Å². The number of halogens is 4. The third-order valence-corrected chi connectivity index (χ3v) is 4.73. The molecule has 2 aromatic rings. The van der Waals surface area contributed by atoms with Gasteiger partial charge in [0.25, 0.3) is 0 Å². The van der Waals surface area contributed by atoms with Gasteiger partial charge in [-0.3, -0.25) is 9.78 Å². The number of alkyl halides is 3. The summed E-state index contributed by atoms with van der Waals surface area (Å²) in [5.74, 6) is -3.22. The van der Waals surface area contributed by atoms with Crippen LogP contribution in [0.1, 0.15) is 22.8 Å². The van der Waals surface area contributed by atoms with E-state index >= 15 is 0 Å². The van der Waals surface area contributed by atoms with Crippen LogP contribution >= 0.6 is 0 Å². The van der Waals surface area contributed by atoms with Crippen molar-refractivity contribution in [3.8, 4) is 5.75 Å². The third kappa shape index (κ3) is 4.99. The van der Waals surface area contributed by atoms with E-state index in [4.69, 9.17) is 0 Å². The van der Waals surface area contributed by atoms with Crippen LogP contribution in [0.4, 0.5) is 17.6 Å². The normalized spacial score (nSPS) is 12.0. The summed E-state index contributed by atoms with van der Waals surface area (Å²) in [5.41, 5.74) is 0.202. The zero-order chi connectivity index (χ0) is 18.8. The SMILES string of the molecule is CC(=O)c1cncc(CS(=O)(=O)c2cc(F)ccc2OC(F)(F)F)c1. The van der Waals surface area contributed by atoms with Crippen LogP contribution in [0.2, 0.25) is 0 Å². The summed E-state index contributed by atoms with van der Waals surface area (Å²) >= 11 is 0. The lowest BCUT2D eigenvalue weighted by molar-refractivity contribution is -0.275. The number of benzene rings is 1. The minimum atomic E-state index is -5.14. The first-order valence-electron chi connectivity index (χ1n) is 6.71. The van der Waals surface area contributed by atoms with E-state index in [1.165, 1.54) is 19.2 Å². The highest BCUT2D eigenvalue weighted by molar-refractivity contribution is 7.90. The molecule has 0 atom stereocenters. The van der Waals surface area contributed by atoms with Crippen molar-refractivity contribution >= 4 is 15.6 Å². The van der Waals surface area contributed by atoms with Gasteiger partial charge in [0.05, 0.1) is 5.75 Å². The smallest absolute Gasteiger partial charge is 0.404 e. The fourth-order valence-corrected chi connectivity index (χ4v) is 3.45. The number of ether oxygens (including phenoxy) is 1. The second-order valence-electron chi connectivity index (χ2n) is 5.04. The molecule has 1 aromatic carbocycles. The largest absolute Gasteiger partial charge is 0.573 e. The van der Waals surface area contributed by atoms with Crippen molar-refractivity contribution < 1.29 is 35.5 Å². The molecule has 2 rings (SSSR count). The van der Waals surface area contributed by atoms with Gasteiger partial charge < -0.3 is 4.74 Å². The van der Waals surface area contributed by atoms with Gasteiger partial charge in [-0.25, -0.2) is 12.8 Å². The summed E-state index contributed by atoms with van der Waals surface area (Å²) < 4.78 is 79.1. The van der Waals surface area contributed by atoms with Crippen LogP contribution in [0, 0.1) is 5.82 Å². The maximum Gasteiger partial charge on any atom is 0.573 e. The highest BCUT2D eigenvalue weighted by atomic mass is 32.2. The predicted molar refractivity (Wildman–Crippen MR) is 78.2 cm³/mol. The summed E-state index contributed by atoms with van der Waals surface area (Å²) in [7, 11) is -4.40. The Balaban J connectivity index is 2.44. The molecule has 0 aliphatic heterocycles. The maximum atomic E-state index is 13.4. The summed E-state index contributed by atoms with van der Waals surface area (Å²) in [6.45, 7) is 1.25. The molecular weight excluding hydrogens is 366 g/mol. The first-order chi connectivity index (χ1) is 11.5. The quantitative estimate of drug-likeness (QED) is 0.591. The number of hydrogen-bond acceptors (Lipinski definition) is 5. The summed E-state index contributed by atoms with van der Waals surface area (Å²) in [6.07, 6.45) is -2.77. The van der Waals surface area contributed by atoms with Crippen molar-refractivity contribution in [2.45, 2.75) is 23.9 Å². The molecule has 0 aliphatic rings. The molecule has 0 bridgehead atoms. The summed E-state index contributed by atoms with van der Waals surface area (Å²) in [5, 5.41) is 0. The number of sulfone groups is 1. The number of aromatic nitrogens is 1. The number of carbonyl (C=O) groups excluding carboxylic acids is 1. The molecular formula is C15H11F4NO4S. The Labute approximate surface area is 140 Å². The highest BCUT2D eigenvalue weighted by Crippen LogP contribution is 2.32. The van der Waals surface area contributed by atoms with Gasteiger partial charge in [0.2, 0.25) is 0 Å². The van der Waals surface area contributed by atoms with E-state index in [2.05, 4.69) is 9.72 Å². The number of pyridine rings is 1. The van der Waals surface area contributed by atoms with E-state index in [1.54, 1.807) is 0 Å². The number of carbonyl (C=O) groups is 1. The minimum Gasteiger partial charge on any atom is -0.404 e. The molecule has 134 valence electrons. The Morgan fingerprint density at radius 2 is 1.88 bits per heavy atom. The van der Waals surface area contributed by atoms with Crippen LogP contribution in [-0.4, -0.2) is 25.5 Å². The minimum absolute atomic E-state index is 0.0647. The predicted octanol–water partition coefficient (Wildman–Crippen LogP) is 3.30. The van der Waals surface area contributed by atoms with Crippen molar-refractivity contribution in [1.29, 1.82) is 0 Å². The van der Waals surface area contributed by atoms with Gasteiger partial charge in [-0.05, 0) is 36.8 Å². The molecule has 10 heteroatoms. The van der Waals surface area contributed by atoms with Crippen molar-refractivity contribution in [2.24, 2.45) is 0 Å². The van der Waals surface area contributed by atoms with E-state index in [1.807, 2.05) is 0 Å². The van der Waals surface area contributed by atoms with E-state index in [-0.39, 0.29) is 16.9 Å². The van der Waals surface area contributed by atoms with Crippen LogP contribution in [0.25, 0.3) is 0 Å². The number of nitrogens with zero attached hydrogens (tertiary/aromatic N) is 1. The van der Waals surface area contributed by atoms with Gasteiger partial charge in [-0.2, -0.15) is 0 Å². The molecule has 0 aliphatic carbocycles. The third-order valence-electron chi connectivity index (χ3n) is 3.02. The molecule has 1 heterocycles. The van der Waals surface area contributed by atoms with Crippen LogP contribution in [0.5, 0.6) is 5.75 Å². The molecule has 5 nitrogen and oxygen atoms in total. The van der Waals surface area contributed by atoms with Crippen molar-refractivity contribution in [2.75, 3.05) is 0 Å². The second-order valence-corrected chi connectivity index (χ2v) is 6.99. The van der Waals surface area contributed by atoms with Gasteiger partial charge >= 0.3 is 6.36 Å². The second kappa shape index (κ2) is 6.79. The van der Waals surface area contributed by atoms with Crippen molar-refractivity contribution in [1.82, 2.24) is 4.98 Å². The molecule has 0 saturated heterocycles. The monoisotopic (exact) mass is 377 g/mol. The molecule has 0 fully saturated rings. The highest BCUT2D eigenvalue weighted by Gasteiger charge is 2.34. The topological polar surface area (TPSA) is 73.3 Å². The van der Waals surface area contributed by atoms with E-state index < -0.39 is 38.4 Å². The number of ketones is 1. The Morgan fingerprint density at radius 1 is 1.20 bits per heavy atom. The van der Waals surface area contributed by atoms with Crippen LogP contribution < -0.4 is 4.74 Å². The van der Waals surface area contributed by atoms with E-state index in [0.717, 1.165) is 6.20 Å². The molecule has 0 radical (unpaired) electrons. The molecule has 0 saturated carbocycles. The molecule has 0 amide bonds. The Kier molecular flexibility index (Phi) is 5.12. The van der Waals surface area contributed by atoms with E-state index in [0.29, 0.717) is 18.2 Å². The number of rotatable bonds is 5. The summed E-state index contributed by atoms with van der Waals surface area (Å²) in [6, 6.07) is 2.92. The number of hydrogen-bond donors (Lipinski definition) is 0. The summed E-state index contributed by atoms with van der Waals surface area (Å²) in [4.78, 5) is 14.1. The lowest BCUT2D eigenvalue weighted by Crippen LogP contribution is -2.19. The van der Waals surface area contributed by atoms with E-state index in [9.17, 15) is 30.8 Å². The molecule has 0 N–H and O–H groups in total. The zero-order valence-electron chi connectivity index (χ0n) is 12.7. The average Bonchev–Trinajstić information content (AvgIpc) is 2.47. The Morgan fingerprint density at radius 3 is 2.48 bits per heavy atom. The molecule has 1 aromatic heterocycles. The Bertz CT molecular complexity index is 910. The molecule has 0 unspecified atom stereocenters. The zero-order valence-corrected chi connectivity index (χ0v) is 13.5. The van der Waals surface area contributed by atoms with Crippen LogP contribution in [-0.2, 0) is 15.6 Å². The Hall–Kier alpha value is -2.49. The van der Waals surface area contributed by atoms with Crippen LogP contribution in [0.15, 0.2) is 41.6 Å². The van der Waals surface area contributed by atoms with Gasteiger partial charge in [-0.15, -0.1) is 13.2 Å². The first kappa shape index (κ1) is 18.8. The fourth-order valence-electron chi connectivity index (χ4n) is 1.99. The maximum absolute atomic E-state index is 13.4. The standard InChI is InChI=1S/C15H11F4NO4S/c1-9(21)11-4-10(6-20-7-11)8-25(22,23)14-5-12(16)2-3-13(14)24-15(17,18)19/h2-7H,8H2,1H3. The lowest BCUT2D eigenvalue weighted by Gasteiger charge is -2.14. The lowest BCUT2D eigenvalue weighted by atomic mass is 10.2. The van der Waals surface area contributed by atoms with Gasteiger partial charge in [0, 0.05) is 18.0 Å². The first-order valence-corrected chi connectivity index (χ1v) is 8.36. The van der Waals surface area contributed by atoms with Crippen molar-refractivity contribution in [3.05, 3.63) is 53.6 Å². The molecule has 25 heavy (non-hydrogen) atoms. The van der Waals surface area contributed by atoms with Crippen LogP contribution in [0.3, 0.4) is 0 Å². The average molecular weight is 377 g/mol. The van der Waals surface area contributed by atoms with Gasteiger partial charge in [0.15, 0.2) is 15.6 Å². The fraction of sp³-hybridized carbons (Fsp3) is 0.200. The van der Waals surface area contributed by atoms with Gasteiger partial charge in [-0.1, -0.05) is 0 Å². The number of Topliss-reactive ketones (excluding diaryl/α,β-unsaturated/α-hetero) is 1. The van der Waals surface area contributed by atoms with Gasteiger partial charge in [0.1, 0.15) is 16.5 Å².